The van der Waals surface area contributed by atoms with Gasteiger partial charge >= 0.3 is 0 Å². The number of nitrogens with zero attached hydrogens (tertiary/aromatic N) is 1. The van der Waals surface area contributed by atoms with Crippen LogP contribution in [0.25, 0.3) is 0 Å². The molecule has 0 atom stereocenters. The van der Waals surface area contributed by atoms with Crippen molar-refractivity contribution >= 4 is 15.7 Å². The van der Waals surface area contributed by atoms with Crippen LogP contribution in [0.2, 0.25) is 0 Å². The fraction of sp³-hybridized carbons (Fsp3) is 0.538. The lowest BCUT2D eigenvalue weighted by atomic mass is 10.2. The number of benzene rings is 1. The Hall–Kier alpha value is -1.07. The van der Waals surface area contributed by atoms with E-state index in [1.54, 1.807) is 19.2 Å². The fourth-order valence-corrected chi connectivity index (χ4v) is 4.11. The predicted molar refractivity (Wildman–Crippen MR) is 72.8 cm³/mol. The second-order valence-electron chi connectivity index (χ2n) is 5.04. The molecule has 0 unspecified atom stereocenters. The van der Waals surface area contributed by atoms with Gasteiger partial charge in [-0.2, -0.15) is 4.31 Å². The molecule has 0 aliphatic heterocycles. The van der Waals surface area contributed by atoms with Gasteiger partial charge in [0.1, 0.15) is 0 Å². The van der Waals surface area contributed by atoms with Crippen molar-refractivity contribution in [2.24, 2.45) is 0 Å². The van der Waals surface area contributed by atoms with E-state index >= 15 is 0 Å². The van der Waals surface area contributed by atoms with E-state index in [1.165, 1.54) is 10.4 Å². The van der Waals surface area contributed by atoms with E-state index in [9.17, 15) is 8.42 Å². The zero-order valence-electron chi connectivity index (χ0n) is 10.9. The largest absolute Gasteiger partial charge is 0.399 e. The molecule has 0 amide bonds. The Balaban J connectivity index is 2.34. The molecule has 1 aromatic rings. The second-order valence-corrected chi connectivity index (χ2v) is 7.04. The molecular weight excluding hydrogens is 248 g/mol. The SMILES string of the molecule is Cc1cc(N)cc(S(=O)(=O)N(C)C2CCCC2)c1. The van der Waals surface area contributed by atoms with E-state index in [2.05, 4.69) is 0 Å². The highest BCUT2D eigenvalue weighted by Crippen LogP contribution is 2.28. The molecule has 0 saturated heterocycles. The summed E-state index contributed by atoms with van der Waals surface area (Å²) in [6.45, 7) is 1.85. The van der Waals surface area contributed by atoms with Crippen LogP contribution < -0.4 is 5.73 Å². The van der Waals surface area contributed by atoms with E-state index in [-0.39, 0.29) is 6.04 Å². The van der Waals surface area contributed by atoms with Gasteiger partial charge in [0.05, 0.1) is 4.90 Å². The van der Waals surface area contributed by atoms with Crippen LogP contribution in [0.4, 0.5) is 5.69 Å². The molecule has 0 bridgehead atoms. The summed E-state index contributed by atoms with van der Waals surface area (Å²) in [4.78, 5) is 0.300. The smallest absolute Gasteiger partial charge is 0.243 e. The van der Waals surface area contributed by atoms with Crippen LogP contribution >= 0.6 is 0 Å². The highest BCUT2D eigenvalue weighted by molar-refractivity contribution is 7.89. The molecule has 0 aromatic heterocycles. The Morgan fingerprint density at radius 3 is 2.39 bits per heavy atom. The summed E-state index contributed by atoms with van der Waals surface area (Å²) >= 11 is 0. The quantitative estimate of drug-likeness (QED) is 0.854. The van der Waals surface area contributed by atoms with E-state index in [0.29, 0.717) is 10.6 Å². The molecule has 5 heteroatoms. The van der Waals surface area contributed by atoms with Gasteiger partial charge in [0.25, 0.3) is 0 Å². The lowest BCUT2D eigenvalue weighted by molar-refractivity contribution is 0.373. The zero-order valence-corrected chi connectivity index (χ0v) is 11.7. The van der Waals surface area contributed by atoms with Crippen LogP contribution in [-0.2, 0) is 10.0 Å². The topological polar surface area (TPSA) is 63.4 Å². The van der Waals surface area contributed by atoms with Crippen molar-refractivity contribution in [2.45, 2.75) is 43.5 Å². The van der Waals surface area contributed by atoms with Gasteiger partial charge in [-0.3, -0.25) is 0 Å². The van der Waals surface area contributed by atoms with Crippen LogP contribution in [0.15, 0.2) is 23.1 Å². The molecule has 1 aromatic carbocycles. The minimum atomic E-state index is -3.41. The molecule has 0 spiro atoms. The van der Waals surface area contributed by atoms with Crippen molar-refractivity contribution in [1.82, 2.24) is 4.31 Å². The lowest BCUT2D eigenvalue weighted by Crippen LogP contribution is -2.35. The highest BCUT2D eigenvalue weighted by Gasteiger charge is 2.30. The average molecular weight is 268 g/mol. The van der Waals surface area contributed by atoms with Crippen molar-refractivity contribution in [3.8, 4) is 0 Å². The normalized spacial score (nSPS) is 17.5. The summed E-state index contributed by atoms with van der Waals surface area (Å²) in [5, 5.41) is 0. The second kappa shape index (κ2) is 4.90. The van der Waals surface area contributed by atoms with Gasteiger partial charge in [-0.15, -0.1) is 0 Å². The summed E-state index contributed by atoms with van der Waals surface area (Å²) < 4.78 is 26.5. The maximum atomic E-state index is 12.5. The molecule has 2 N–H and O–H groups in total. The van der Waals surface area contributed by atoms with E-state index in [1.807, 2.05) is 6.92 Å². The van der Waals surface area contributed by atoms with E-state index in [4.69, 9.17) is 5.73 Å². The Kier molecular flexibility index (Phi) is 3.64. The fourth-order valence-electron chi connectivity index (χ4n) is 2.56. The number of aryl methyl sites for hydroxylation is 1. The molecular formula is C13H20N2O2S. The van der Waals surface area contributed by atoms with Crippen molar-refractivity contribution in [1.29, 1.82) is 0 Å². The first-order chi connectivity index (χ1) is 8.41. The number of hydrogen-bond acceptors (Lipinski definition) is 3. The third-order valence-electron chi connectivity index (χ3n) is 3.59. The molecule has 18 heavy (non-hydrogen) atoms. The average Bonchev–Trinajstić information content (AvgIpc) is 2.79. The molecule has 100 valence electrons. The van der Waals surface area contributed by atoms with Gasteiger partial charge in [-0.05, 0) is 43.5 Å². The Bertz CT molecular complexity index is 514. The molecule has 0 heterocycles. The zero-order chi connectivity index (χ0) is 13.3. The molecule has 1 aliphatic carbocycles. The van der Waals surface area contributed by atoms with E-state index in [0.717, 1.165) is 31.2 Å². The van der Waals surface area contributed by atoms with Crippen molar-refractivity contribution in [3.05, 3.63) is 23.8 Å². The minimum Gasteiger partial charge on any atom is -0.399 e. The minimum absolute atomic E-state index is 0.136. The molecule has 2 rings (SSSR count). The monoisotopic (exact) mass is 268 g/mol. The number of nitrogen functional groups attached to an aromatic ring is 1. The maximum Gasteiger partial charge on any atom is 0.243 e. The van der Waals surface area contributed by atoms with Crippen molar-refractivity contribution < 1.29 is 8.42 Å². The van der Waals surface area contributed by atoms with Gasteiger partial charge in [0.2, 0.25) is 10.0 Å². The van der Waals surface area contributed by atoms with Gasteiger partial charge in [0, 0.05) is 18.8 Å². The first-order valence-electron chi connectivity index (χ1n) is 6.26. The maximum absolute atomic E-state index is 12.5. The first kappa shape index (κ1) is 13.4. The lowest BCUT2D eigenvalue weighted by Gasteiger charge is -2.24. The van der Waals surface area contributed by atoms with Gasteiger partial charge in [-0.1, -0.05) is 12.8 Å². The molecule has 1 aliphatic rings. The summed E-state index contributed by atoms with van der Waals surface area (Å²) in [6.07, 6.45) is 4.13. The van der Waals surface area contributed by atoms with Crippen LogP contribution in [0.3, 0.4) is 0 Å². The standard InChI is InChI=1S/C13H20N2O2S/c1-10-7-11(14)9-13(8-10)18(16,17)15(2)12-5-3-4-6-12/h7-9,12H,3-6,14H2,1-2H3. The summed E-state index contributed by atoms with van der Waals surface area (Å²) in [5.41, 5.74) is 7.09. The number of sulfonamides is 1. The predicted octanol–water partition coefficient (Wildman–Crippen LogP) is 2.14. The number of nitrogens with two attached hydrogens (primary N) is 1. The highest BCUT2D eigenvalue weighted by atomic mass is 32.2. The number of rotatable bonds is 3. The first-order valence-corrected chi connectivity index (χ1v) is 7.70. The van der Waals surface area contributed by atoms with Crippen LogP contribution in [0.1, 0.15) is 31.2 Å². The molecule has 0 radical (unpaired) electrons. The van der Waals surface area contributed by atoms with Gasteiger partial charge < -0.3 is 5.73 Å². The Morgan fingerprint density at radius 2 is 1.83 bits per heavy atom. The summed E-state index contributed by atoms with van der Waals surface area (Å²) in [5.74, 6) is 0. The molecule has 1 saturated carbocycles. The number of hydrogen-bond donors (Lipinski definition) is 1. The van der Waals surface area contributed by atoms with Crippen molar-refractivity contribution in [2.75, 3.05) is 12.8 Å². The van der Waals surface area contributed by atoms with Crippen molar-refractivity contribution in [3.63, 3.8) is 0 Å². The Labute approximate surface area is 109 Å². The van der Waals surface area contributed by atoms with Crippen LogP contribution in [0, 0.1) is 6.92 Å². The van der Waals surface area contributed by atoms with Gasteiger partial charge in [0.15, 0.2) is 0 Å². The molecule has 1 fully saturated rings. The van der Waals surface area contributed by atoms with Gasteiger partial charge in [-0.25, -0.2) is 8.42 Å². The molecule has 4 nitrogen and oxygen atoms in total. The van der Waals surface area contributed by atoms with E-state index < -0.39 is 10.0 Å². The Morgan fingerprint density at radius 1 is 1.22 bits per heavy atom. The third kappa shape index (κ3) is 2.52. The number of anilines is 1. The summed E-state index contributed by atoms with van der Waals surface area (Å²) in [7, 11) is -1.74. The summed E-state index contributed by atoms with van der Waals surface area (Å²) in [6, 6.07) is 5.12. The third-order valence-corrected chi connectivity index (χ3v) is 5.48. The van der Waals surface area contributed by atoms with Crippen LogP contribution in [0.5, 0.6) is 0 Å². The van der Waals surface area contributed by atoms with Crippen LogP contribution in [-0.4, -0.2) is 25.8 Å².